The van der Waals surface area contributed by atoms with Crippen molar-refractivity contribution in [2.75, 3.05) is 83.4 Å². The van der Waals surface area contributed by atoms with Crippen LogP contribution in [0.4, 0.5) is 38.8 Å². The second-order valence-electron chi connectivity index (χ2n) is 30.5. The van der Waals surface area contributed by atoms with Gasteiger partial charge in [-0.05, 0) is 202 Å². The summed E-state index contributed by atoms with van der Waals surface area (Å²) in [6.45, 7) is 22.9. The number of aromatic nitrogens is 14. The van der Waals surface area contributed by atoms with Crippen molar-refractivity contribution in [1.82, 2.24) is 79.6 Å². The number of amides is 6. The van der Waals surface area contributed by atoms with Crippen molar-refractivity contribution < 1.29 is 33.2 Å². The van der Waals surface area contributed by atoms with Crippen LogP contribution >= 0.6 is 0 Å². The first-order chi connectivity index (χ1) is 60.9. The van der Waals surface area contributed by atoms with Gasteiger partial charge in [-0.3, -0.25) is 88.6 Å². The molecule has 4 N–H and O–H groups in total. The predicted octanol–water partition coefficient (Wildman–Crippen LogP) is 14.6. The van der Waals surface area contributed by atoms with Gasteiger partial charge in [-0.2, -0.15) is 0 Å². The number of piperazine rings is 2. The smallest absolute Gasteiger partial charge is 0.230 e. The molecule has 0 unspecified atom stereocenters. The van der Waals surface area contributed by atoms with Crippen LogP contribution in [0.2, 0.25) is 0 Å². The fourth-order valence-corrected chi connectivity index (χ4v) is 14.4. The summed E-state index contributed by atoms with van der Waals surface area (Å²) in [4.78, 5) is 142. The van der Waals surface area contributed by atoms with E-state index in [2.05, 4.69) is 101 Å². The minimum absolute atomic E-state index is 0.105. The summed E-state index contributed by atoms with van der Waals surface area (Å²) in [5.74, 6) is 0.716. The Bertz CT molecular complexity index is 5980. The van der Waals surface area contributed by atoms with E-state index < -0.39 is 0 Å². The van der Waals surface area contributed by atoms with E-state index in [4.69, 9.17) is 0 Å². The van der Waals surface area contributed by atoms with Crippen molar-refractivity contribution in [1.29, 1.82) is 0 Å². The summed E-state index contributed by atoms with van der Waals surface area (Å²) in [5.41, 5.74) is 23.4. The lowest BCUT2D eigenvalue weighted by Gasteiger charge is -2.35. The number of rotatable bonds is 20. The van der Waals surface area contributed by atoms with E-state index in [1.807, 2.05) is 155 Å². The van der Waals surface area contributed by atoms with Gasteiger partial charge in [-0.1, -0.05) is 36.4 Å². The maximum absolute atomic E-state index is 13.4. The van der Waals surface area contributed by atoms with Crippen molar-refractivity contribution in [3.05, 3.63) is 312 Å². The van der Waals surface area contributed by atoms with Gasteiger partial charge in [0.05, 0.1) is 114 Å². The highest BCUT2D eigenvalue weighted by molar-refractivity contribution is 5.94. The number of halogens is 1. The number of nitrogens with one attached hydrogen (secondary N) is 4. The Hall–Kier alpha value is -15.6. The van der Waals surface area contributed by atoms with Crippen LogP contribution in [0.1, 0.15) is 75.4 Å². The number of hydrogen-bond donors (Lipinski definition) is 4. The lowest BCUT2D eigenvalue weighted by atomic mass is 10.0. The number of hydrogen-bond acceptors (Lipinski definition) is 22. The molecule has 0 aliphatic carbocycles. The number of benzene rings is 1. The van der Waals surface area contributed by atoms with E-state index in [9.17, 15) is 33.2 Å². The van der Waals surface area contributed by atoms with Crippen molar-refractivity contribution in [3.63, 3.8) is 0 Å². The van der Waals surface area contributed by atoms with E-state index in [1.165, 1.54) is 12.1 Å². The minimum Gasteiger partial charge on any atom is -0.367 e. The molecule has 0 saturated carbocycles. The van der Waals surface area contributed by atoms with Gasteiger partial charge in [0.15, 0.2) is 0 Å². The molecule has 0 radical (unpaired) electrons. The van der Waals surface area contributed by atoms with E-state index in [0.29, 0.717) is 71.7 Å². The monoisotopic (exact) mass is 1680 g/mol. The molecule has 29 heteroatoms. The Morgan fingerprint density at radius 1 is 0.317 bits per heavy atom. The van der Waals surface area contributed by atoms with Gasteiger partial charge in [-0.25, -0.2) is 14.4 Å². The lowest BCUT2D eigenvalue weighted by molar-refractivity contribution is -0.129. The first kappa shape index (κ1) is 88.2. The highest BCUT2D eigenvalue weighted by Gasteiger charge is 2.23. The quantitative estimate of drug-likeness (QED) is 0.0550. The van der Waals surface area contributed by atoms with Gasteiger partial charge in [0.1, 0.15) is 23.1 Å². The molecule has 2 aliphatic rings. The average molecular weight is 1680 g/mol. The molecule has 0 spiro atoms. The second kappa shape index (κ2) is 42.3. The van der Waals surface area contributed by atoms with Gasteiger partial charge in [0.25, 0.3) is 0 Å². The fraction of sp³-hybridized carbons (Fsp3) is 0.216. The Morgan fingerprint density at radius 3 is 1.12 bits per heavy atom. The maximum Gasteiger partial charge on any atom is 0.230 e. The van der Waals surface area contributed by atoms with E-state index in [-0.39, 0.29) is 66.9 Å². The number of anilines is 6. The molecule has 2 fully saturated rings. The third kappa shape index (κ3) is 24.9. The molecule has 1 aromatic carbocycles. The Balaban J connectivity index is 0.000000144. The van der Waals surface area contributed by atoms with Crippen molar-refractivity contribution in [2.24, 2.45) is 0 Å². The molecule has 0 bridgehead atoms. The summed E-state index contributed by atoms with van der Waals surface area (Å²) < 4.78 is 13.4. The Kier molecular flexibility index (Phi) is 29.6. The average Bonchev–Trinajstić information content (AvgIpc) is 0.830. The zero-order valence-corrected chi connectivity index (χ0v) is 71.5. The molecule has 15 heterocycles. The third-order valence-electron chi connectivity index (χ3n) is 20.7. The summed E-state index contributed by atoms with van der Waals surface area (Å²) in [6, 6.07) is 44.4. The van der Waals surface area contributed by atoms with E-state index in [1.54, 1.807) is 149 Å². The molecule has 636 valence electrons. The Morgan fingerprint density at radius 2 is 0.738 bits per heavy atom. The lowest BCUT2D eigenvalue weighted by Crippen LogP contribution is -2.48. The van der Waals surface area contributed by atoms with Gasteiger partial charge in [0.2, 0.25) is 35.4 Å². The van der Waals surface area contributed by atoms with E-state index >= 15 is 0 Å². The molecule has 14 aromatic rings. The largest absolute Gasteiger partial charge is 0.367 e. The van der Waals surface area contributed by atoms with Crippen LogP contribution < -0.4 is 31.1 Å². The number of pyridine rings is 12. The zero-order valence-electron chi connectivity index (χ0n) is 71.5. The number of aryl methyl sites for hydroxylation is 7. The molecule has 6 amide bonds. The van der Waals surface area contributed by atoms with Crippen LogP contribution in [0.3, 0.4) is 0 Å². The predicted molar refractivity (Wildman–Crippen MR) is 485 cm³/mol. The van der Waals surface area contributed by atoms with Crippen LogP contribution in [0.25, 0.3) is 67.7 Å². The van der Waals surface area contributed by atoms with Gasteiger partial charge in [-0.15, -0.1) is 0 Å². The fourth-order valence-electron chi connectivity index (χ4n) is 14.4. The van der Waals surface area contributed by atoms with Crippen LogP contribution in [-0.2, 0) is 54.5 Å². The van der Waals surface area contributed by atoms with Crippen LogP contribution in [-0.4, -0.2) is 167 Å². The zero-order chi connectivity index (χ0) is 88.6. The molecule has 2 aliphatic heterocycles. The van der Waals surface area contributed by atoms with Crippen molar-refractivity contribution in [3.8, 4) is 67.7 Å². The summed E-state index contributed by atoms with van der Waals surface area (Å²) in [5, 5.41) is 11.5. The topological polar surface area (TPSA) is 344 Å². The first-order valence-electron chi connectivity index (χ1n) is 41.0. The minimum atomic E-state index is -0.314. The van der Waals surface area contributed by atoms with Crippen LogP contribution in [0, 0.1) is 54.3 Å². The highest BCUT2D eigenvalue weighted by Crippen LogP contribution is 2.29. The van der Waals surface area contributed by atoms with Gasteiger partial charge in [0, 0.05) is 179 Å². The third-order valence-corrected chi connectivity index (χ3v) is 20.7. The molecule has 2 saturated heterocycles. The first-order valence-corrected chi connectivity index (χ1v) is 41.0. The van der Waals surface area contributed by atoms with E-state index in [0.717, 1.165) is 144 Å². The molecular formula is C97H95FN22O6. The van der Waals surface area contributed by atoms with Crippen LogP contribution in [0.5, 0.6) is 0 Å². The standard InChI is InChI=1S/2C25H28N6O2.C24H19FN4O.C23H20N6O/c1-17-12-20(15-28-25(17)21-6-7-26-18(2)13-21)14-24(33)29-23-5-4-22(16-27-23)31-10-8-30(9-11-31)19(3)32;1-17-12-20(15-28-25(17)21-6-7-26-18(2)13-21)14-24(33)29-22-4-5-23(27-16-22)31-10-8-30(9-11-31)19(3)32;1-16-11-17(14-28-24(16)18-7-9-26-10-8-18)12-23(30)29-21-5-6-22(27-15-21)19-3-2-4-20(25)13-19;1-15-9-17(12-28-23(15)18-5-6-25-16(2)10-18)11-22(30)29-19-3-4-20(27-13-19)21-14-24-7-8-26-21/h4-7,12-13,15-16H,8-11,14H2,1-3H3,(H,27,29,33);4-7,12-13,15-16H,8-11,14H2,1-3H3,(H,29,33);2-11,13-15H,12H2,1H3,(H,29,30);3-10,12-14H,11H2,1-2H3,(H,29,30). The summed E-state index contributed by atoms with van der Waals surface area (Å²) in [6.07, 6.45) is 28.1. The second-order valence-corrected chi connectivity index (χ2v) is 30.5. The molecular weight excluding hydrogens is 1590 g/mol. The number of carbonyl (C=O) groups is 6. The Labute approximate surface area is 729 Å². The molecule has 28 nitrogen and oxygen atoms in total. The normalized spacial score (nSPS) is 12.2. The van der Waals surface area contributed by atoms with Crippen molar-refractivity contribution >= 4 is 69.8 Å². The molecule has 0 atom stereocenters. The number of nitrogens with zero attached hydrogens (tertiary/aromatic N) is 18. The number of carbonyl (C=O) groups excluding carboxylic acids is 6. The SMILES string of the molecule is CC(=O)N1CCN(c2ccc(NC(=O)Cc3cnc(-c4ccnc(C)c4)c(C)c3)cn2)CC1.CC(=O)N1CCN(c2ccc(NC(=O)Cc3cnc(-c4ccnc(C)c4)c(C)c3)nc2)CC1.Cc1cc(-c2ncc(CC(=O)Nc3ccc(-c4cnccn4)nc3)cc2C)ccn1.Cc1cc(CC(=O)Nc2ccc(-c3cccc(F)c3)nc2)cnc1-c1ccncc1. The van der Waals surface area contributed by atoms with Gasteiger partial charge < -0.3 is 40.9 Å². The summed E-state index contributed by atoms with van der Waals surface area (Å²) in [7, 11) is 0. The molecule has 16 rings (SSSR count). The van der Waals surface area contributed by atoms with Crippen molar-refractivity contribution in [2.45, 2.75) is 88.0 Å². The van der Waals surface area contributed by atoms with Crippen LogP contribution in [0.15, 0.2) is 245 Å². The van der Waals surface area contributed by atoms with Gasteiger partial charge >= 0.3 is 0 Å². The summed E-state index contributed by atoms with van der Waals surface area (Å²) >= 11 is 0. The molecule has 13 aromatic heterocycles. The molecule has 126 heavy (non-hydrogen) atoms. The maximum atomic E-state index is 13.4. The highest BCUT2D eigenvalue weighted by atomic mass is 19.1.